The van der Waals surface area contributed by atoms with Crippen molar-refractivity contribution in [3.05, 3.63) is 58.5 Å². The number of furan rings is 1. The number of likely N-dealkylation sites (tertiary alicyclic amines) is 1. The summed E-state index contributed by atoms with van der Waals surface area (Å²) in [6, 6.07) is 9.24. The molecule has 2 aliphatic rings. The van der Waals surface area contributed by atoms with Crippen LogP contribution >= 0.6 is 0 Å². The van der Waals surface area contributed by atoms with Crippen molar-refractivity contribution >= 4 is 11.9 Å². The molecule has 0 bridgehead atoms. The molecule has 1 saturated heterocycles. The Morgan fingerprint density at radius 2 is 2.04 bits per heavy atom. The van der Waals surface area contributed by atoms with Crippen molar-refractivity contribution in [2.45, 2.75) is 32.3 Å². The van der Waals surface area contributed by atoms with Crippen molar-refractivity contribution in [3.63, 3.8) is 0 Å². The quantitative estimate of drug-likeness (QED) is 0.756. The predicted molar refractivity (Wildman–Crippen MR) is 86.9 cm³/mol. The summed E-state index contributed by atoms with van der Waals surface area (Å²) in [7, 11) is 0. The minimum atomic E-state index is -0.714. The molecule has 1 fully saturated rings. The molecule has 1 aromatic carbocycles. The monoisotopic (exact) mass is 325 g/mol. The fraction of sp³-hybridized carbons (Fsp3) is 0.368. The summed E-state index contributed by atoms with van der Waals surface area (Å²) in [6.07, 6.45) is 1.53. The van der Waals surface area contributed by atoms with Crippen LogP contribution in [0.15, 0.2) is 34.7 Å². The van der Waals surface area contributed by atoms with Crippen LogP contribution in [0.3, 0.4) is 0 Å². The second kappa shape index (κ2) is 5.23. The topological polar surface area (TPSA) is 59.8 Å². The standard InChI is InChI=1S/C19H19NO4/c1-12-10-15(13(2)23-12)17(21)20-9-5-8-19(11-20)16-7-4-3-6-14(16)18(22)24-19/h3-4,6-7,10H,5,8-9,11H2,1-2H3. The third kappa shape index (κ3) is 2.15. The lowest BCUT2D eigenvalue weighted by atomic mass is 9.85. The number of ether oxygens (including phenoxy) is 1. The fourth-order valence-electron chi connectivity index (χ4n) is 3.86. The van der Waals surface area contributed by atoms with E-state index in [0.29, 0.717) is 30.0 Å². The van der Waals surface area contributed by atoms with E-state index < -0.39 is 5.60 Å². The van der Waals surface area contributed by atoms with Gasteiger partial charge in [0.1, 0.15) is 11.5 Å². The van der Waals surface area contributed by atoms with Crippen LogP contribution in [0.5, 0.6) is 0 Å². The molecule has 0 saturated carbocycles. The van der Waals surface area contributed by atoms with Crippen molar-refractivity contribution in [2.24, 2.45) is 0 Å². The number of carbonyl (C=O) groups is 2. The first kappa shape index (κ1) is 15.0. The highest BCUT2D eigenvalue weighted by molar-refractivity contribution is 5.97. The Morgan fingerprint density at radius 1 is 1.25 bits per heavy atom. The molecule has 1 unspecified atom stereocenters. The Bertz CT molecular complexity index is 838. The van der Waals surface area contributed by atoms with Crippen LogP contribution in [0, 0.1) is 13.8 Å². The maximum Gasteiger partial charge on any atom is 0.339 e. The summed E-state index contributed by atoms with van der Waals surface area (Å²) < 4.78 is 11.2. The number of carbonyl (C=O) groups excluding carboxylic acids is 2. The zero-order valence-electron chi connectivity index (χ0n) is 13.8. The number of fused-ring (bicyclic) bond motifs is 2. The summed E-state index contributed by atoms with van der Waals surface area (Å²) >= 11 is 0. The number of amides is 1. The molecule has 4 rings (SSSR count). The summed E-state index contributed by atoms with van der Waals surface area (Å²) in [4.78, 5) is 26.9. The van der Waals surface area contributed by atoms with Gasteiger partial charge in [-0.2, -0.15) is 0 Å². The zero-order valence-corrected chi connectivity index (χ0v) is 13.8. The molecule has 1 spiro atoms. The van der Waals surface area contributed by atoms with Crippen LogP contribution in [0.1, 0.15) is 50.6 Å². The van der Waals surface area contributed by atoms with E-state index >= 15 is 0 Å². The van der Waals surface area contributed by atoms with Gasteiger partial charge >= 0.3 is 5.97 Å². The van der Waals surface area contributed by atoms with Crippen molar-refractivity contribution in [1.82, 2.24) is 4.90 Å². The van der Waals surface area contributed by atoms with E-state index in [1.165, 1.54) is 0 Å². The molecule has 1 amide bonds. The van der Waals surface area contributed by atoms with Crippen molar-refractivity contribution in [3.8, 4) is 0 Å². The van der Waals surface area contributed by atoms with Gasteiger partial charge in [0.2, 0.25) is 0 Å². The minimum Gasteiger partial charge on any atom is -0.466 e. The number of hydrogen-bond donors (Lipinski definition) is 0. The Kier molecular flexibility index (Phi) is 3.27. The van der Waals surface area contributed by atoms with Crippen LogP contribution in [-0.4, -0.2) is 29.9 Å². The SMILES string of the molecule is Cc1cc(C(=O)N2CCCC3(C2)OC(=O)c2ccccc23)c(C)o1. The largest absolute Gasteiger partial charge is 0.466 e. The van der Waals surface area contributed by atoms with Gasteiger partial charge < -0.3 is 14.1 Å². The average Bonchev–Trinajstić information content (AvgIpc) is 3.05. The van der Waals surface area contributed by atoms with Crippen molar-refractivity contribution < 1.29 is 18.7 Å². The van der Waals surface area contributed by atoms with Gasteiger partial charge in [-0.05, 0) is 38.8 Å². The fourth-order valence-corrected chi connectivity index (χ4v) is 3.86. The molecule has 1 atom stereocenters. The maximum absolute atomic E-state index is 12.9. The van der Waals surface area contributed by atoms with E-state index in [2.05, 4.69) is 0 Å². The average molecular weight is 325 g/mol. The molecule has 5 nitrogen and oxygen atoms in total. The lowest BCUT2D eigenvalue weighted by Gasteiger charge is -2.39. The van der Waals surface area contributed by atoms with Crippen LogP contribution in [0.4, 0.5) is 0 Å². The molecule has 124 valence electrons. The lowest BCUT2D eigenvalue weighted by Crippen LogP contribution is -2.48. The molecule has 0 N–H and O–H groups in total. The summed E-state index contributed by atoms with van der Waals surface area (Å²) in [5.74, 6) is 0.986. The van der Waals surface area contributed by atoms with Crippen LogP contribution in [-0.2, 0) is 10.3 Å². The van der Waals surface area contributed by atoms with E-state index in [4.69, 9.17) is 9.15 Å². The second-order valence-corrected chi connectivity index (χ2v) is 6.59. The number of nitrogens with zero attached hydrogens (tertiary/aromatic N) is 1. The smallest absolute Gasteiger partial charge is 0.339 e. The van der Waals surface area contributed by atoms with Gasteiger partial charge in [0.25, 0.3) is 5.91 Å². The molecular formula is C19H19NO4. The number of rotatable bonds is 1. The van der Waals surface area contributed by atoms with Gasteiger partial charge in [-0.3, -0.25) is 4.79 Å². The predicted octanol–water partition coefficient (Wildman–Crippen LogP) is 3.20. The van der Waals surface area contributed by atoms with Crippen LogP contribution < -0.4 is 0 Å². The summed E-state index contributed by atoms with van der Waals surface area (Å²) in [5, 5.41) is 0. The number of benzene rings is 1. The van der Waals surface area contributed by atoms with E-state index in [1.54, 1.807) is 24.0 Å². The first-order valence-corrected chi connectivity index (χ1v) is 8.19. The highest BCUT2D eigenvalue weighted by Crippen LogP contribution is 2.43. The van der Waals surface area contributed by atoms with Gasteiger partial charge in [0, 0.05) is 12.1 Å². The normalized spacial score (nSPS) is 22.6. The van der Waals surface area contributed by atoms with Gasteiger partial charge in [0.05, 0.1) is 17.7 Å². The van der Waals surface area contributed by atoms with Gasteiger partial charge in [-0.1, -0.05) is 18.2 Å². The first-order chi connectivity index (χ1) is 11.5. The van der Waals surface area contributed by atoms with E-state index in [9.17, 15) is 9.59 Å². The highest BCUT2D eigenvalue weighted by atomic mass is 16.6. The van der Waals surface area contributed by atoms with E-state index in [-0.39, 0.29) is 11.9 Å². The van der Waals surface area contributed by atoms with Crippen LogP contribution in [0.2, 0.25) is 0 Å². The molecular weight excluding hydrogens is 306 g/mol. The summed E-state index contributed by atoms with van der Waals surface area (Å²) in [6.45, 7) is 4.67. The number of aryl methyl sites for hydroxylation is 2. The Balaban J connectivity index is 1.67. The van der Waals surface area contributed by atoms with Crippen LogP contribution in [0.25, 0.3) is 0 Å². The van der Waals surface area contributed by atoms with Crippen molar-refractivity contribution in [2.75, 3.05) is 13.1 Å². The third-order valence-corrected chi connectivity index (χ3v) is 4.94. The molecule has 0 radical (unpaired) electrons. The zero-order chi connectivity index (χ0) is 16.9. The van der Waals surface area contributed by atoms with Gasteiger partial charge in [0.15, 0.2) is 5.60 Å². The molecule has 3 heterocycles. The Morgan fingerprint density at radius 3 is 2.79 bits per heavy atom. The highest BCUT2D eigenvalue weighted by Gasteiger charge is 2.48. The summed E-state index contributed by atoms with van der Waals surface area (Å²) in [5.41, 5.74) is 1.38. The van der Waals surface area contributed by atoms with E-state index in [0.717, 1.165) is 24.2 Å². The molecule has 2 aromatic rings. The molecule has 1 aromatic heterocycles. The third-order valence-electron chi connectivity index (χ3n) is 4.94. The number of hydrogen-bond acceptors (Lipinski definition) is 4. The molecule has 2 aliphatic heterocycles. The van der Waals surface area contributed by atoms with E-state index in [1.807, 2.05) is 25.1 Å². The lowest BCUT2D eigenvalue weighted by molar-refractivity contribution is -0.0442. The Hall–Kier alpha value is -2.56. The first-order valence-electron chi connectivity index (χ1n) is 8.19. The molecule has 0 aliphatic carbocycles. The number of piperidine rings is 1. The van der Waals surface area contributed by atoms with Gasteiger partial charge in [-0.25, -0.2) is 4.79 Å². The molecule has 5 heteroatoms. The Labute approximate surface area is 140 Å². The number of esters is 1. The molecule has 24 heavy (non-hydrogen) atoms. The second-order valence-electron chi connectivity index (χ2n) is 6.59. The van der Waals surface area contributed by atoms with Crippen molar-refractivity contribution in [1.29, 1.82) is 0 Å². The minimum absolute atomic E-state index is 0.0659. The maximum atomic E-state index is 12.9. The van der Waals surface area contributed by atoms with Gasteiger partial charge in [-0.15, -0.1) is 0 Å².